The second-order valence-corrected chi connectivity index (χ2v) is 7.48. The molecule has 0 aliphatic rings. The van der Waals surface area contributed by atoms with Crippen LogP contribution < -0.4 is 19.6 Å². The van der Waals surface area contributed by atoms with Gasteiger partial charge in [-0.3, -0.25) is 4.79 Å². The van der Waals surface area contributed by atoms with Gasteiger partial charge in [-0.15, -0.1) is 0 Å². The Bertz CT molecular complexity index is 1470. The number of phenols is 1. The maximum absolute atomic E-state index is 12.6. The van der Waals surface area contributed by atoms with E-state index in [2.05, 4.69) is 0 Å². The van der Waals surface area contributed by atoms with Gasteiger partial charge >= 0.3 is 11.9 Å². The number of fused-ring (bicyclic) bond motifs is 1. The number of hydrogen-bond donors (Lipinski definition) is 1. The standard InChI is InChI=1S/C27H22O9/c1-3-33-27(31)18-10-7-11-21(32-2)26(18)36-24(30)15-34-17-12-19(28)25-20(29)14-22(35-23(25)13-17)16-8-5-4-6-9-16/h4-14,28H,3,15H2,1-2H3. The first-order valence-corrected chi connectivity index (χ1v) is 10.9. The van der Waals surface area contributed by atoms with Crippen LogP contribution in [0.4, 0.5) is 0 Å². The Balaban J connectivity index is 1.57. The monoisotopic (exact) mass is 490 g/mol. The summed E-state index contributed by atoms with van der Waals surface area (Å²) in [5.74, 6) is -1.45. The Kier molecular flexibility index (Phi) is 7.20. The largest absolute Gasteiger partial charge is 0.507 e. The maximum atomic E-state index is 12.6. The number of hydrogen-bond acceptors (Lipinski definition) is 9. The lowest BCUT2D eigenvalue weighted by Crippen LogP contribution is -2.20. The van der Waals surface area contributed by atoms with Crippen molar-refractivity contribution < 1.29 is 38.1 Å². The number of esters is 2. The third kappa shape index (κ3) is 5.15. The number of phenolic OH excluding ortho intramolecular Hbond substituents is 1. The van der Waals surface area contributed by atoms with E-state index in [0.29, 0.717) is 11.3 Å². The Morgan fingerprint density at radius 3 is 2.50 bits per heavy atom. The van der Waals surface area contributed by atoms with Crippen LogP contribution in [0.5, 0.6) is 23.0 Å². The summed E-state index contributed by atoms with van der Waals surface area (Å²) in [7, 11) is 1.37. The molecule has 0 saturated heterocycles. The van der Waals surface area contributed by atoms with E-state index in [4.69, 9.17) is 23.4 Å². The van der Waals surface area contributed by atoms with E-state index in [0.717, 1.165) is 0 Å². The number of rotatable bonds is 8. The van der Waals surface area contributed by atoms with Gasteiger partial charge in [0.05, 0.1) is 13.7 Å². The molecule has 9 nitrogen and oxygen atoms in total. The zero-order valence-corrected chi connectivity index (χ0v) is 19.5. The highest BCUT2D eigenvalue weighted by Gasteiger charge is 2.21. The molecule has 0 atom stereocenters. The number of carbonyl (C=O) groups is 2. The number of para-hydroxylation sites is 1. The summed E-state index contributed by atoms with van der Waals surface area (Å²) in [4.78, 5) is 37.4. The van der Waals surface area contributed by atoms with E-state index >= 15 is 0 Å². The molecule has 4 rings (SSSR count). The molecular formula is C27H22O9. The summed E-state index contributed by atoms with van der Waals surface area (Å²) in [5.41, 5.74) is 0.350. The number of carbonyl (C=O) groups excluding carboxylic acids is 2. The first kappa shape index (κ1) is 24.3. The van der Waals surface area contributed by atoms with E-state index in [1.807, 2.05) is 6.07 Å². The highest BCUT2D eigenvalue weighted by atomic mass is 16.6. The van der Waals surface area contributed by atoms with E-state index in [1.54, 1.807) is 37.3 Å². The second-order valence-electron chi connectivity index (χ2n) is 7.48. The highest BCUT2D eigenvalue weighted by molar-refractivity contribution is 5.95. The van der Waals surface area contributed by atoms with Crippen LogP contribution in [0, 0.1) is 0 Å². The van der Waals surface area contributed by atoms with Gasteiger partial charge in [-0.2, -0.15) is 0 Å². The third-order valence-electron chi connectivity index (χ3n) is 5.11. The van der Waals surface area contributed by atoms with E-state index in [-0.39, 0.29) is 46.1 Å². The van der Waals surface area contributed by atoms with Crippen molar-refractivity contribution in [2.45, 2.75) is 6.92 Å². The quantitative estimate of drug-likeness (QED) is 0.284. The van der Waals surface area contributed by atoms with Gasteiger partial charge in [0.1, 0.15) is 33.8 Å². The topological polar surface area (TPSA) is 122 Å². The summed E-state index contributed by atoms with van der Waals surface area (Å²) in [5, 5.41) is 10.4. The van der Waals surface area contributed by atoms with Gasteiger partial charge in [-0.1, -0.05) is 36.4 Å². The average molecular weight is 490 g/mol. The molecule has 0 radical (unpaired) electrons. The molecule has 9 heteroatoms. The van der Waals surface area contributed by atoms with Crippen molar-refractivity contribution in [2.75, 3.05) is 20.3 Å². The summed E-state index contributed by atoms with van der Waals surface area (Å²) < 4.78 is 26.9. The fraction of sp³-hybridized carbons (Fsp3) is 0.148. The molecule has 184 valence electrons. The highest BCUT2D eigenvalue weighted by Crippen LogP contribution is 2.33. The number of methoxy groups -OCH3 is 1. The molecular weight excluding hydrogens is 468 g/mol. The van der Waals surface area contributed by atoms with Crippen LogP contribution in [-0.2, 0) is 9.53 Å². The van der Waals surface area contributed by atoms with E-state index < -0.39 is 24.0 Å². The summed E-state index contributed by atoms with van der Waals surface area (Å²) in [6.45, 7) is 1.22. The van der Waals surface area contributed by atoms with E-state index in [1.165, 1.54) is 37.4 Å². The first-order chi connectivity index (χ1) is 17.4. The van der Waals surface area contributed by atoms with Crippen LogP contribution in [-0.4, -0.2) is 37.4 Å². The first-order valence-electron chi connectivity index (χ1n) is 10.9. The van der Waals surface area contributed by atoms with Gasteiger partial charge in [-0.05, 0) is 19.1 Å². The zero-order chi connectivity index (χ0) is 25.7. The molecule has 0 bridgehead atoms. The fourth-order valence-electron chi connectivity index (χ4n) is 3.51. The van der Waals surface area contributed by atoms with E-state index in [9.17, 15) is 19.5 Å². The van der Waals surface area contributed by atoms with Crippen LogP contribution in [0.3, 0.4) is 0 Å². The van der Waals surface area contributed by atoms with Crippen LogP contribution in [0.15, 0.2) is 75.9 Å². The Hall–Kier alpha value is -4.79. The number of benzene rings is 3. The zero-order valence-electron chi connectivity index (χ0n) is 19.5. The normalized spacial score (nSPS) is 10.6. The minimum atomic E-state index is -0.843. The van der Waals surface area contributed by atoms with Crippen LogP contribution in [0.25, 0.3) is 22.3 Å². The second kappa shape index (κ2) is 10.6. The van der Waals surface area contributed by atoms with Crippen molar-refractivity contribution in [2.24, 2.45) is 0 Å². The molecule has 36 heavy (non-hydrogen) atoms. The predicted molar refractivity (Wildman–Crippen MR) is 130 cm³/mol. The summed E-state index contributed by atoms with van der Waals surface area (Å²) in [6, 6.07) is 17.4. The average Bonchev–Trinajstić information content (AvgIpc) is 2.87. The molecule has 0 spiro atoms. The molecule has 4 aromatic rings. The maximum Gasteiger partial charge on any atom is 0.349 e. The Morgan fingerprint density at radius 2 is 1.78 bits per heavy atom. The molecule has 0 fully saturated rings. The van der Waals surface area contributed by atoms with Crippen molar-refractivity contribution in [3.8, 4) is 34.3 Å². The van der Waals surface area contributed by atoms with Gasteiger partial charge in [0, 0.05) is 23.8 Å². The van der Waals surface area contributed by atoms with Gasteiger partial charge < -0.3 is 28.5 Å². The van der Waals surface area contributed by atoms with Gasteiger partial charge in [0.2, 0.25) is 0 Å². The number of aromatic hydroxyl groups is 1. The Morgan fingerprint density at radius 1 is 1.00 bits per heavy atom. The molecule has 1 N–H and O–H groups in total. The lowest BCUT2D eigenvalue weighted by atomic mass is 10.1. The summed E-state index contributed by atoms with van der Waals surface area (Å²) in [6.07, 6.45) is 0. The van der Waals surface area contributed by atoms with Crippen LogP contribution in [0.1, 0.15) is 17.3 Å². The van der Waals surface area contributed by atoms with Gasteiger partial charge in [0.25, 0.3) is 0 Å². The van der Waals surface area contributed by atoms with Crippen molar-refractivity contribution >= 4 is 22.9 Å². The molecule has 3 aromatic carbocycles. The van der Waals surface area contributed by atoms with Crippen LogP contribution in [0.2, 0.25) is 0 Å². The molecule has 0 amide bonds. The molecule has 1 heterocycles. The van der Waals surface area contributed by atoms with Gasteiger partial charge in [0.15, 0.2) is 23.5 Å². The van der Waals surface area contributed by atoms with Crippen molar-refractivity contribution in [3.63, 3.8) is 0 Å². The molecule has 0 unspecified atom stereocenters. The Labute approximate surface area is 205 Å². The molecule has 1 aromatic heterocycles. The van der Waals surface area contributed by atoms with Gasteiger partial charge in [-0.25, -0.2) is 9.59 Å². The number of ether oxygens (including phenoxy) is 4. The minimum Gasteiger partial charge on any atom is -0.507 e. The predicted octanol–water partition coefficient (Wildman–Crippen LogP) is 4.34. The van der Waals surface area contributed by atoms with Crippen LogP contribution >= 0.6 is 0 Å². The molecule has 0 aliphatic carbocycles. The minimum absolute atomic E-state index is 0.0160. The smallest absolute Gasteiger partial charge is 0.349 e. The molecule has 0 aliphatic heterocycles. The van der Waals surface area contributed by atoms with Crippen molar-refractivity contribution in [1.29, 1.82) is 0 Å². The molecule has 0 saturated carbocycles. The van der Waals surface area contributed by atoms with Crippen molar-refractivity contribution in [1.82, 2.24) is 0 Å². The SMILES string of the molecule is CCOC(=O)c1cccc(OC)c1OC(=O)COc1cc(O)c2c(=O)cc(-c3ccccc3)oc2c1. The lowest BCUT2D eigenvalue weighted by molar-refractivity contribution is -0.136. The van der Waals surface area contributed by atoms with Crippen molar-refractivity contribution in [3.05, 3.63) is 82.5 Å². The fourth-order valence-corrected chi connectivity index (χ4v) is 3.51. The third-order valence-corrected chi connectivity index (χ3v) is 5.11. The lowest BCUT2D eigenvalue weighted by Gasteiger charge is -2.13. The summed E-state index contributed by atoms with van der Waals surface area (Å²) >= 11 is 0.